The fraction of sp³-hybridized carbons (Fsp3) is 0.333. The molecule has 0 bridgehead atoms. The Labute approximate surface area is 120 Å². The normalized spacial score (nSPS) is 14.1. The standard InChI is InChI=1S/C18H21NO/c1-2-20-18-6-4-3-5-17(18)19-13-14-7-9-15(10-8-14)16-11-12-16/h3-10,16,19H,2,11-13H2,1H3. The first-order chi connectivity index (χ1) is 9.86. The summed E-state index contributed by atoms with van der Waals surface area (Å²) in [6.45, 7) is 3.52. The van der Waals surface area contributed by atoms with E-state index in [-0.39, 0.29) is 0 Å². The summed E-state index contributed by atoms with van der Waals surface area (Å²) in [7, 11) is 0. The van der Waals surface area contributed by atoms with Crippen molar-refractivity contribution in [3.05, 3.63) is 59.7 Å². The van der Waals surface area contributed by atoms with Gasteiger partial charge >= 0.3 is 0 Å². The van der Waals surface area contributed by atoms with Gasteiger partial charge in [-0.1, -0.05) is 36.4 Å². The summed E-state index contributed by atoms with van der Waals surface area (Å²) >= 11 is 0. The second kappa shape index (κ2) is 6.00. The Morgan fingerprint density at radius 1 is 1.05 bits per heavy atom. The fourth-order valence-corrected chi connectivity index (χ4v) is 2.42. The van der Waals surface area contributed by atoms with Gasteiger partial charge in [-0.3, -0.25) is 0 Å². The molecular formula is C18H21NO. The zero-order valence-electron chi connectivity index (χ0n) is 11.9. The van der Waals surface area contributed by atoms with E-state index >= 15 is 0 Å². The van der Waals surface area contributed by atoms with Gasteiger partial charge in [-0.2, -0.15) is 0 Å². The van der Waals surface area contributed by atoms with Crippen molar-refractivity contribution in [3.8, 4) is 5.75 Å². The molecule has 0 atom stereocenters. The molecule has 1 aliphatic carbocycles. The lowest BCUT2D eigenvalue weighted by atomic mass is 10.1. The molecule has 1 saturated carbocycles. The quantitative estimate of drug-likeness (QED) is 0.827. The van der Waals surface area contributed by atoms with Gasteiger partial charge in [0.2, 0.25) is 0 Å². The van der Waals surface area contributed by atoms with Crippen LogP contribution in [0.3, 0.4) is 0 Å². The maximum atomic E-state index is 5.62. The highest BCUT2D eigenvalue weighted by Gasteiger charge is 2.22. The third-order valence-corrected chi connectivity index (χ3v) is 3.70. The first-order valence-corrected chi connectivity index (χ1v) is 7.41. The molecule has 0 saturated heterocycles. The summed E-state index contributed by atoms with van der Waals surface area (Å²) in [4.78, 5) is 0. The van der Waals surface area contributed by atoms with Crippen LogP contribution in [0.15, 0.2) is 48.5 Å². The first kappa shape index (κ1) is 13.0. The van der Waals surface area contributed by atoms with Gasteiger partial charge < -0.3 is 10.1 Å². The zero-order valence-corrected chi connectivity index (χ0v) is 11.9. The van der Waals surface area contributed by atoms with Crippen molar-refractivity contribution in [1.29, 1.82) is 0 Å². The van der Waals surface area contributed by atoms with Crippen LogP contribution < -0.4 is 10.1 Å². The Balaban J connectivity index is 1.63. The molecule has 0 radical (unpaired) electrons. The fourth-order valence-electron chi connectivity index (χ4n) is 2.42. The molecule has 2 aromatic rings. The lowest BCUT2D eigenvalue weighted by Crippen LogP contribution is -2.02. The van der Waals surface area contributed by atoms with E-state index in [2.05, 4.69) is 35.6 Å². The van der Waals surface area contributed by atoms with Crippen LogP contribution in [0.25, 0.3) is 0 Å². The molecule has 104 valence electrons. The van der Waals surface area contributed by atoms with Crippen LogP contribution in [-0.2, 0) is 6.54 Å². The van der Waals surface area contributed by atoms with Gasteiger partial charge in [0.05, 0.1) is 12.3 Å². The summed E-state index contributed by atoms with van der Waals surface area (Å²) in [6, 6.07) is 17.1. The predicted molar refractivity (Wildman–Crippen MR) is 83.4 cm³/mol. The topological polar surface area (TPSA) is 21.3 Å². The van der Waals surface area contributed by atoms with E-state index in [0.717, 1.165) is 23.9 Å². The number of hydrogen-bond donors (Lipinski definition) is 1. The van der Waals surface area contributed by atoms with Crippen molar-refractivity contribution in [2.75, 3.05) is 11.9 Å². The van der Waals surface area contributed by atoms with Crippen LogP contribution in [0, 0.1) is 0 Å². The molecule has 20 heavy (non-hydrogen) atoms. The highest BCUT2D eigenvalue weighted by Crippen LogP contribution is 2.39. The molecule has 0 unspecified atom stereocenters. The van der Waals surface area contributed by atoms with Crippen molar-refractivity contribution < 1.29 is 4.74 Å². The molecule has 2 aromatic carbocycles. The summed E-state index contributed by atoms with van der Waals surface area (Å²) in [6.07, 6.45) is 2.72. The Morgan fingerprint density at radius 2 is 1.80 bits per heavy atom. The average molecular weight is 267 g/mol. The van der Waals surface area contributed by atoms with E-state index in [9.17, 15) is 0 Å². The van der Waals surface area contributed by atoms with Crippen LogP contribution in [-0.4, -0.2) is 6.61 Å². The monoisotopic (exact) mass is 267 g/mol. The van der Waals surface area contributed by atoms with E-state index in [1.165, 1.54) is 24.0 Å². The van der Waals surface area contributed by atoms with E-state index in [0.29, 0.717) is 6.61 Å². The minimum atomic E-state index is 0.689. The Bertz CT molecular complexity index is 558. The van der Waals surface area contributed by atoms with Gasteiger partial charge in [0, 0.05) is 6.54 Å². The Hall–Kier alpha value is -1.96. The van der Waals surface area contributed by atoms with Crippen LogP contribution in [0.5, 0.6) is 5.75 Å². The van der Waals surface area contributed by atoms with Gasteiger partial charge in [-0.05, 0) is 48.9 Å². The van der Waals surface area contributed by atoms with Crippen molar-refractivity contribution in [2.45, 2.75) is 32.2 Å². The molecule has 2 nitrogen and oxygen atoms in total. The van der Waals surface area contributed by atoms with E-state index in [1.807, 2.05) is 25.1 Å². The smallest absolute Gasteiger partial charge is 0.142 e. The molecular weight excluding hydrogens is 246 g/mol. The molecule has 1 N–H and O–H groups in total. The second-order valence-electron chi connectivity index (χ2n) is 5.30. The molecule has 2 heteroatoms. The zero-order chi connectivity index (χ0) is 13.8. The summed E-state index contributed by atoms with van der Waals surface area (Å²) in [5.74, 6) is 1.75. The highest BCUT2D eigenvalue weighted by atomic mass is 16.5. The van der Waals surface area contributed by atoms with Crippen molar-refractivity contribution >= 4 is 5.69 Å². The largest absolute Gasteiger partial charge is 0.492 e. The molecule has 3 rings (SSSR count). The number of ether oxygens (including phenoxy) is 1. The van der Waals surface area contributed by atoms with Crippen LogP contribution in [0.2, 0.25) is 0 Å². The van der Waals surface area contributed by atoms with Crippen molar-refractivity contribution in [1.82, 2.24) is 0 Å². The van der Waals surface area contributed by atoms with Gasteiger partial charge in [0.25, 0.3) is 0 Å². The molecule has 0 aliphatic heterocycles. The SMILES string of the molecule is CCOc1ccccc1NCc1ccc(C2CC2)cc1. The van der Waals surface area contributed by atoms with Crippen LogP contribution in [0.4, 0.5) is 5.69 Å². The molecule has 0 heterocycles. The number of hydrogen-bond acceptors (Lipinski definition) is 2. The Morgan fingerprint density at radius 3 is 2.50 bits per heavy atom. The number of benzene rings is 2. The molecule has 1 aliphatic rings. The number of nitrogens with one attached hydrogen (secondary N) is 1. The highest BCUT2D eigenvalue weighted by molar-refractivity contribution is 5.56. The minimum absolute atomic E-state index is 0.689. The van der Waals surface area contributed by atoms with Gasteiger partial charge in [-0.15, -0.1) is 0 Å². The Kier molecular flexibility index (Phi) is 3.91. The van der Waals surface area contributed by atoms with E-state index in [4.69, 9.17) is 4.74 Å². The van der Waals surface area contributed by atoms with Crippen molar-refractivity contribution in [2.24, 2.45) is 0 Å². The molecule has 1 fully saturated rings. The lowest BCUT2D eigenvalue weighted by molar-refractivity contribution is 0.341. The van der Waals surface area contributed by atoms with E-state index < -0.39 is 0 Å². The second-order valence-corrected chi connectivity index (χ2v) is 5.30. The van der Waals surface area contributed by atoms with Gasteiger partial charge in [0.15, 0.2) is 0 Å². The number of rotatable bonds is 6. The molecule has 0 aromatic heterocycles. The maximum Gasteiger partial charge on any atom is 0.142 e. The molecule has 0 amide bonds. The number of anilines is 1. The minimum Gasteiger partial charge on any atom is -0.492 e. The summed E-state index contributed by atoms with van der Waals surface area (Å²) in [5.41, 5.74) is 3.85. The van der Waals surface area contributed by atoms with Crippen molar-refractivity contribution in [3.63, 3.8) is 0 Å². The third kappa shape index (κ3) is 3.13. The number of para-hydroxylation sites is 2. The van der Waals surface area contributed by atoms with Crippen LogP contribution >= 0.6 is 0 Å². The lowest BCUT2D eigenvalue weighted by Gasteiger charge is -2.12. The average Bonchev–Trinajstić information content (AvgIpc) is 3.32. The van der Waals surface area contributed by atoms with E-state index in [1.54, 1.807) is 0 Å². The molecule has 0 spiro atoms. The predicted octanol–water partition coefficient (Wildman–Crippen LogP) is 4.57. The van der Waals surface area contributed by atoms with Crippen LogP contribution in [0.1, 0.15) is 36.8 Å². The summed E-state index contributed by atoms with van der Waals surface area (Å²) in [5, 5.41) is 3.45. The first-order valence-electron chi connectivity index (χ1n) is 7.41. The van der Waals surface area contributed by atoms with Gasteiger partial charge in [-0.25, -0.2) is 0 Å². The maximum absolute atomic E-state index is 5.62. The summed E-state index contributed by atoms with van der Waals surface area (Å²) < 4.78 is 5.62. The van der Waals surface area contributed by atoms with Gasteiger partial charge in [0.1, 0.15) is 5.75 Å². The third-order valence-electron chi connectivity index (χ3n) is 3.70.